The maximum absolute atomic E-state index is 13.4. The zero-order chi connectivity index (χ0) is 43.4. The molecule has 2 atom stereocenters. The van der Waals surface area contributed by atoms with Crippen molar-refractivity contribution in [1.29, 1.82) is 0 Å². The fourth-order valence-electron chi connectivity index (χ4n) is 5.69. The number of benzene rings is 5. The van der Waals surface area contributed by atoms with Gasteiger partial charge in [-0.1, -0.05) is 121 Å². The van der Waals surface area contributed by atoms with Crippen molar-refractivity contribution in [3.05, 3.63) is 178 Å². The Hall–Kier alpha value is -5.48. The van der Waals surface area contributed by atoms with E-state index in [4.69, 9.17) is 18.7 Å². The van der Waals surface area contributed by atoms with Crippen LogP contribution in [0.25, 0.3) is 0 Å². The van der Waals surface area contributed by atoms with E-state index in [1.807, 2.05) is 49.4 Å². The highest BCUT2D eigenvalue weighted by Gasteiger charge is 2.39. The van der Waals surface area contributed by atoms with Gasteiger partial charge in [0.1, 0.15) is 12.5 Å². The van der Waals surface area contributed by atoms with Gasteiger partial charge in [-0.15, -0.1) is 0 Å². The predicted molar refractivity (Wildman–Crippen MR) is 221 cm³/mol. The van der Waals surface area contributed by atoms with E-state index >= 15 is 0 Å². The van der Waals surface area contributed by atoms with Crippen LogP contribution in [0.3, 0.4) is 0 Å². The Morgan fingerprint density at radius 3 is 1.77 bits per heavy atom. The molecule has 0 aliphatic carbocycles. The first-order chi connectivity index (χ1) is 28.8. The van der Waals surface area contributed by atoms with Gasteiger partial charge in [-0.3, -0.25) is 4.99 Å². The van der Waals surface area contributed by atoms with Crippen molar-refractivity contribution in [3.8, 4) is 0 Å². The average molecular weight is 854 g/mol. The molecular weight excluding hydrogens is 809 g/mol. The second-order valence-electron chi connectivity index (χ2n) is 13.0. The number of nitrogens with zero attached hydrogens (tertiary/aromatic N) is 2. The lowest BCUT2D eigenvalue weighted by atomic mass is 9.87. The molecule has 15 heteroatoms. The molecule has 0 spiro atoms. The van der Waals surface area contributed by atoms with Gasteiger partial charge in [-0.25, -0.2) is 9.68 Å². The highest BCUT2D eigenvalue weighted by Crippen LogP contribution is 2.38. The number of rotatable bonds is 17. The number of hydrogen-bond acceptors (Lipinski definition) is 8. The molecule has 0 aliphatic heterocycles. The maximum atomic E-state index is 13.4. The Bertz CT molecular complexity index is 2020. The average Bonchev–Trinajstić information content (AvgIpc) is 3.26. The summed E-state index contributed by atoms with van der Waals surface area (Å²) < 4.78 is 96.5. The second-order valence-corrected chi connectivity index (χ2v) is 13.7. The SMILES string of the molecule is CCOOSCN=C(c1ccccc1)c1ccccc1.CN=CC[C@](CO[C@H](C)c1cc(C(F)(F)F)cc(C(F)(F)F)c1)(NC(=O)OCc1ccccc1)c1ccccc1. The number of amides is 1. The lowest BCUT2D eigenvalue weighted by Gasteiger charge is -2.35. The van der Waals surface area contributed by atoms with Gasteiger partial charge in [-0.2, -0.15) is 30.7 Å². The molecule has 0 heterocycles. The largest absolute Gasteiger partial charge is 0.445 e. The van der Waals surface area contributed by atoms with E-state index in [0.29, 0.717) is 30.2 Å². The molecule has 1 amide bonds. The number of carbonyl (C=O) groups is 1. The zero-order valence-electron chi connectivity index (χ0n) is 33.1. The number of ether oxygens (including phenoxy) is 2. The summed E-state index contributed by atoms with van der Waals surface area (Å²) in [6, 6.07) is 39.1. The van der Waals surface area contributed by atoms with Crippen molar-refractivity contribution in [1.82, 2.24) is 5.32 Å². The summed E-state index contributed by atoms with van der Waals surface area (Å²) in [6.07, 6.45) is -10.4. The third-order valence-corrected chi connectivity index (χ3v) is 9.17. The monoisotopic (exact) mass is 853 g/mol. The van der Waals surface area contributed by atoms with Crippen LogP contribution >= 0.6 is 12.0 Å². The minimum absolute atomic E-state index is 0.0267. The second kappa shape index (κ2) is 23.3. The van der Waals surface area contributed by atoms with Gasteiger partial charge in [-0.05, 0) is 48.7 Å². The van der Waals surface area contributed by atoms with Crippen LogP contribution in [-0.2, 0) is 43.2 Å². The minimum atomic E-state index is -4.99. The molecule has 0 bridgehead atoms. The third-order valence-electron chi connectivity index (χ3n) is 8.75. The minimum Gasteiger partial charge on any atom is -0.445 e. The number of aliphatic imine (C=N–C) groups is 2. The van der Waals surface area contributed by atoms with Crippen molar-refractivity contribution in [2.75, 3.05) is 26.1 Å². The van der Waals surface area contributed by atoms with E-state index in [1.165, 1.54) is 32.2 Å². The van der Waals surface area contributed by atoms with E-state index in [9.17, 15) is 31.1 Å². The van der Waals surface area contributed by atoms with Crippen LogP contribution in [0.5, 0.6) is 0 Å². The number of carbonyl (C=O) groups excluding carboxylic acids is 1. The van der Waals surface area contributed by atoms with Crippen LogP contribution < -0.4 is 5.32 Å². The normalized spacial score (nSPS) is 13.1. The summed E-state index contributed by atoms with van der Waals surface area (Å²) >= 11 is 1.19. The first-order valence-corrected chi connectivity index (χ1v) is 19.6. The van der Waals surface area contributed by atoms with Gasteiger partial charge in [0, 0.05) is 30.8 Å². The van der Waals surface area contributed by atoms with Gasteiger partial charge >= 0.3 is 18.4 Å². The van der Waals surface area contributed by atoms with Gasteiger partial charge in [0.05, 0.1) is 53.7 Å². The molecule has 5 aromatic rings. The molecule has 0 saturated carbocycles. The Balaban J connectivity index is 0.000000331. The third kappa shape index (κ3) is 15.0. The molecule has 0 fully saturated rings. The Labute approximate surface area is 349 Å². The number of nitrogens with one attached hydrogen (secondary N) is 1. The highest BCUT2D eigenvalue weighted by atomic mass is 32.2. The van der Waals surface area contributed by atoms with Gasteiger partial charge in [0.2, 0.25) is 0 Å². The molecule has 0 saturated heterocycles. The summed E-state index contributed by atoms with van der Waals surface area (Å²) in [5.41, 5.74) is -0.0559. The molecule has 318 valence electrons. The first kappa shape index (κ1) is 47.2. The predicted octanol–water partition coefficient (Wildman–Crippen LogP) is 11.8. The molecule has 5 rings (SSSR count). The molecular formula is C45H45F6N3O5S. The van der Waals surface area contributed by atoms with Crippen molar-refractivity contribution in [2.45, 2.75) is 50.9 Å². The van der Waals surface area contributed by atoms with Crippen molar-refractivity contribution in [2.24, 2.45) is 9.98 Å². The molecule has 0 unspecified atom stereocenters. The van der Waals surface area contributed by atoms with Crippen LogP contribution in [0.1, 0.15) is 65.3 Å². The smallest absolute Gasteiger partial charge is 0.416 e. The molecule has 0 aliphatic rings. The Morgan fingerprint density at radius 1 is 0.750 bits per heavy atom. The first-order valence-electron chi connectivity index (χ1n) is 18.7. The van der Waals surface area contributed by atoms with Crippen molar-refractivity contribution < 1.29 is 49.8 Å². The van der Waals surface area contributed by atoms with E-state index in [0.717, 1.165) is 22.4 Å². The van der Waals surface area contributed by atoms with Crippen molar-refractivity contribution >= 4 is 30.1 Å². The lowest BCUT2D eigenvalue weighted by Crippen LogP contribution is -2.50. The van der Waals surface area contributed by atoms with E-state index in [2.05, 4.69) is 39.6 Å². The van der Waals surface area contributed by atoms with Gasteiger partial charge < -0.3 is 19.8 Å². The molecule has 60 heavy (non-hydrogen) atoms. The summed E-state index contributed by atoms with van der Waals surface area (Å²) in [6.45, 7) is 3.40. The van der Waals surface area contributed by atoms with Crippen molar-refractivity contribution in [3.63, 3.8) is 0 Å². The fraction of sp³-hybridized carbons (Fsp3) is 0.267. The number of alkyl halides is 6. The fourth-order valence-corrected chi connectivity index (χ4v) is 6.08. The van der Waals surface area contributed by atoms with E-state index < -0.39 is 41.2 Å². The molecule has 0 radical (unpaired) electrons. The summed E-state index contributed by atoms with van der Waals surface area (Å²) in [7, 11) is 1.52. The van der Waals surface area contributed by atoms with Crippen LogP contribution in [0.4, 0.5) is 31.1 Å². The Kier molecular flexibility index (Phi) is 18.4. The standard InChI is InChI=1S/C29H28F6N2O3.C16H17NO2S/c1-20(22-15-24(28(30,31)32)17-25(16-22)29(33,34)35)40-19-27(13-14-36-2,23-11-7-4-8-12-23)37-26(38)39-18-21-9-5-3-6-10-21;1-2-18-19-20-13-17-16(14-9-5-3-6-10-14)15-11-7-4-8-12-15/h3-12,14-17,20H,13,18-19H2,1-2H3,(H,37,38);3-12H,2,13H2,1H3/t20-,27-;/m1./s1. The van der Waals surface area contributed by atoms with Crippen LogP contribution in [0.2, 0.25) is 0 Å². The molecule has 5 aromatic carbocycles. The van der Waals surface area contributed by atoms with Crippen LogP contribution in [0.15, 0.2) is 150 Å². The van der Waals surface area contributed by atoms with E-state index in [1.54, 1.807) is 54.6 Å². The highest BCUT2D eigenvalue weighted by molar-refractivity contribution is 7.94. The molecule has 1 N–H and O–H groups in total. The number of hydrogen-bond donors (Lipinski definition) is 1. The quantitative estimate of drug-likeness (QED) is 0.0250. The summed E-state index contributed by atoms with van der Waals surface area (Å²) in [5, 5.41) is 2.79. The number of alkyl carbamates (subject to hydrolysis) is 1. The van der Waals surface area contributed by atoms with Gasteiger partial charge in [0.25, 0.3) is 0 Å². The zero-order valence-corrected chi connectivity index (χ0v) is 33.9. The summed E-state index contributed by atoms with van der Waals surface area (Å²) in [4.78, 5) is 26.3. The topological polar surface area (TPSA) is 90.7 Å². The number of halogens is 6. The van der Waals surface area contributed by atoms with Crippen LogP contribution in [-0.4, -0.2) is 44.2 Å². The maximum Gasteiger partial charge on any atom is 0.416 e. The van der Waals surface area contributed by atoms with Gasteiger partial charge in [0.15, 0.2) is 0 Å². The Morgan fingerprint density at radius 2 is 1.27 bits per heavy atom. The summed E-state index contributed by atoms with van der Waals surface area (Å²) in [5.74, 6) is 0.485. The molecule has 0 aromatic heterocycles. The van der Waals surface area contributed by atoms with E-state index in [-0.39, 0.29) is 31.3 Å². The lowest BCUT2D eigenvalue weighted by molar-refractivity contribution is -0.185. The van der Waals surface area contributed by atoms with Crippen LogP contribution in [0, 0.1) is 0 Å². The molecule has 8 nitrogen and oxygen atoms in total.